The quantitative estimate of drug-likeness (QED) is 0.171. The van der Waals surface area contributed by atoms with E-state index in [1.807, 2.05) is 109 Å². The minimum atomic E-state index is -0.344. The number of benzene rings is 8. The van der Waals surface area contributed by atoms with Gasteiger partial charge in [0, 0.05) is 38.2 Å². The average Bonchev–Trinajstić information content (AvgIpc) is 3.90. The van der Waals surface area contributed by atoms with Gasteiger partial charge in [-0.15, -0.1) is 0 Å². The summed E-state index contributed by atoms with van der Waals surface area (Å²) < 4.78 is 67.3. The molecule has 0 fully saturated rings. The lowest BCUT2D eigenvalue weighted by atomic mass is 9.99. The largest absolute Gasteiger partial charge is 0.456 e. The number of hydrogen-bond acceptors (Lipinski definition) is 5. The van der Waals surface area contributed by atoms with Crippen LogP contribution in [0.3, 0.4) is 0 Å². The van der Waals surface area contributed by atoms with Gasteiger partial charge in [0.1, 0.15) is 22.3 Å². The Morgan fingerprint density at radius 2 is 0.929 bits per heavy atom. The average molecular weight is 724 g/mol. The van der Waals surface area contributed by atoms with Crippen LogP contribution in [0.1, 0.15) is 8.22 Å². The summed E-state index contributed by atoms with van der Waals surface area (Å²) in [5, 5.41) is 2.12. The molecule has 3 heterocycles. The molecule has 0 aliphatic rings. The molecule has 0 saturated heterocycles. The molecule has 0 N–H and O–H groups in total. The van der Waals surface area contributed by atoms with E-state index in [4.69, 9.17) is 27.9 Å². The van der Waals surface area contributed by atoms with Crippen molar-refractivity contribution in [3.8, 4) is 67.5 Å². The second kappa shape index (κ2) is 13.0. The van der Waals surface area contributed by atoms with Crippen LogP contribution < -0.4 is 0 Å². The van der Waals surface area contributed by atoms with Crippen molar-refractivity contribution in [2.75, 3.05) is 0 Å². The van der Waals surface area contributed by atoms with E-state index >= 15 is 0 Å². The van der Waals surface area contributed by atoms with Gasteiger partial charge in [0.2, 0.25) is 0 Å². The number of hydrogen-bond donors (Lipinski definition) is 0. The zero-order valence-corrected chi connectivity index (χ0v) is 29.6. The van der Waals surface area contributed by atoms with Crippen LogP contribution in [0.5, 0.6) is 0 Å². The van der Waals surface area contributed by atoms with E-state index < -0.39 is 0 Å². The van der Waals surface area contributed by atoms with Crippen LogP contribution in [-0.4, -0.2) is 15.0 Å². The van der Waals surface area contributed by atoms with Gasteiger partial charge in [-0.1, -0.05) is 139 Å². The van der Waals surface area contributed by atoms with Gasteiger partial charge in [-0.2, -0.15) is 0 Å². The molecule has 262 valence electrons. The Labute approximate surface area is 330 Å². The summed E-state index contributed by atoms with van der Waals surface area (Å²) in [6, 6.07) is 47.0. The lowest BCUT2D eigenvalue weighted by Crippen LogP contribution is -2.00. The van der Waals surface area contributed by atoms with Gasteiger partial charge < -0.3 is 8.83 Å². The van der Waals surface area contributed by atoms with E-state index in [1.54, 1.807) is 24.3 Å². The summed E-state index contributed by atoms with van der Waals surface area (Å²) in [5.41, 5.74) is 7.62. The zero-order chi connectivity index (χ0) is 42.2. The first-order valence-corrected chi connectivity index (χ1v) is 18.2. The van der Waals surface area contributed by atoms with Crippen molar-refractivity contribution in [3.05, 3.63) is 188 Å². The highest BCUT2D eigenvalue weighted by atomic mass is 16.3. The number of nitrogens with zero attached hydrogens (tertiary/aromatic N) is 3. The van der Waals surface area contributed by atoms with Crippen molar-refractivity contribution in [2.45, 2.75) is 0 Å². The smallest absolute Gasteiger partial charge is 0.164 e. The standard InChI is InChI=1S/C51H31N3O2/c1-4-11-32(12-5-1)34-19-21-36(22-20-34)49-52-50(38-25-28-44-43(29-38)41-26-23-37(30-46(41)55-44)33-13-6-2-7-14-33)54-51(53-49)39-24-27-42-47(31-39)56-45-18-10-17-40(48(42)45)35-15-8-3-9-16-35/h1-31H/i10D,17D,18D,24D,27D,31D. The highest BCUT2D eigenvalue weighted by molar-refractivity contribution is 6.13. The van der Waals surface area contributed by atoms with Gasteiger partial charge in [-0.05, 0) is 81.8 Å². The molecule has 0 aliphatic heterocycles. The molecule has 0 atom stereocenters. The highest BCUT2D eigenvalue weighted by Gasteiger charge is 2.18. The predicted octanol–water partition coefficient (Wildman–Crippen LogP) is 13.7. The van der Waals surface area contributed by atoms with Crippen molar-refractivity contribution in [3.63, 3.8) is 0 Å². The van der Waals surface area contributed by atoms with Crippen LogP contribution in [0.2, 0.25) is 0 Å². The first-order valence-electron chi connectivity index (χ1n) is 21.2. The van der Waals surface area contributed by atoms with Crippen molar-refractivity contribution >= 4 is 43.9 Å². The Bertz CT molecular complexity index is 3580. The van der Waals surface area contributed by atoms with E-state index in [2.05, 4.69) is 18.2 Å². The van der Waals surface area contributed by atoms with Crippen LogP contribution in [0.25, 0.3) is 111 Å². The molecule has 0 radical (unpaired) electrons. The third-order valence-corrected chi connectivity index (χ3v) is 10.1. The monoisotopic (exact) mass is 723 g/mol. The molecule has 5 heteroatoms. The van der Waals surface area contributed by atoms with Crippen molar-refractivity contribution in [1.82, 2.24) is 15.0 Å². The SMILES string of the molecule is [2H]c1c([2H])c(-c2ccccc2)c2c(oc3c([2H])c(-c4nc(-c5ccc(-c6ccccc6)cc5)nc(-c5ccc6oc7cc(-c8ccccc8)ccc7c6c5)n4)c([2H])c([2H])c32)c1[2H]. The molecule has 0 unspecified atom stereocenters. The first kappa shape index (κ1) is 26.2. The summed E-state index contributed by atoms with van der Waals surface area (Å²) >= 11 is 0. The molecule has 0 aliphatic carbocycles. The molecule has 8 aromatic carbocycles. The Kier molecular flexibility index (Phi) is 6.10. The topological polar surface area (TPSA) is 65.0 Å². The summed E-state index contributed by atoms with van der Waals surface area (Å²) in [6.45, 7) is 0. The lowest BCUT2D eigenvalue weighted by molar-refractivity contribution is 0.668. The van der Waals surface area contributed by atoms with E-state index in [9.17, 15) is 4.11 Å². The number of furan rings is 2. The lowest BCUT2D eigenvalue weighted by Gasteiger charge is -2.09. The minimum absolute atomic E-state index is 0.00983. The van der Waals surface area contributed by atoms with Gasteiger partial charge in [-0.25, -0.2) is 15.0 Å². The van der Waals surface area contributed by atoms with Crippen molar-refractivity contribution in [1.29, 1.82) is 0 Å². The first-order chi connectivity index (χ1) is 30.2. The molecule has 0 amide bonds. The summed E-state index contributed by atoms with van der Waals surface area (Å²) in [4.78, 5) is 14.8. The second-order valence-corrected chi connectivity index (χ2v) is 13.5. The predicted molar refractivity (Wildman–Crippen MR) is 227 cm³/mol. The fourth-order valence-corrected chi connectivity index (χ4v) is 7.30. The maximum absolute atomic E-state index is 9.57. The van der Waals surface area contributed by atoms with E-state index in [0.717, 1.165) is 38.6 Å². The van der Waals surface area contributed by atoms with Crippen LogP contribution in [0.4, 0.5) is 0 Å². The van der Waals surface area contributed by atoms with Gasteiger partial charge in [0.15, 0.2) is 17.5 Å². The second-order valence-electron chi connectivity index (χ2n) is 13.5. The third-order valence-electron chi connectivity index (χ3n) is 10.1. The number of fused-ring (bicyclic) bond motifs is 6. The maximum Gasteiger partial charge on any atom is 0.164 e. The van der Waals surface area contributed by atoms with E-state index in [0.29, 0.717) is 33.7 Å². The Balaban J connectivity index is 1.12. The van der Waals surface area contributed by atoms with Crippen LogP contribution >= 0.6 is 0 Å². The molecule has 56 heavy (non-hydrogen) atoms. The number of rotatable bonds is 6. The van der Waals surface area contributed by atoms with Crippen LogP contribution in [0.15, 0.2) is 197 Å². The van der Waals surface area contributed by atoms with Gasteiger partial charge in [0.05, 0.1) is 8.22 Å². The Hall–Kier alpha value is -7.63. The van der Waals surface area contributed by atoms with Crippen molar-refractivity contribution < 1.29 is 17.1 Å². The third kappa shape index (κ3) is 5.53. The normalized spacial score (nSPS) is 13.1. The van der Waals surface area contributed by atoms with Crippen molar-refractivity contribution in [2.24, 2.45) is 0 Å². The number of aromatic nitrogens is 3. The Morgan fingerprint density at radius 3 is 1.66 bits per heavy atom. The van der Waals surface area contributed by atoms with Gasteiger partial charge >= 0.3 is 0 Å². The fourth-order valence-electron chi connectivity index (χ4n) is 7.30. The fraction of sp³-hybridized carbons (Fsp3) is 0. The summed E-state index contributed by atoms with van der Waals surface area (Å²) in [7, 11) is 0. The maximum atomic E-state index is 9.57. The molecular formula is C51H31N3O2. The van der Waals surface area contributed by atoms with E-state index in [-0.39, 0.29) is 75.4 Å². The molecule has 3 aromatic heterocycles. The zero-order valence-electron chi connectivity index (χ0n) is 35.6. The molecule has 0 spiro atoms. The molecule has 11 rings (SSSR count). The van der Waals surface area contributed by atoms with E-state index in [1.165, 1.54) is 0 Å². The van der Waals surface area contributed by atoms with Crippen LogP contribution in [-0.2, 0) is 0 Å². The van der Waals surface area contributed by atoms with Gasteiger partial charge in [-0.3, -0.25) is 0 Å². The van der Waals surface area contributed by atoms with Crippen LogP contribution in [0, 0.1) is 0 Å². The Morgan fingerprint density at radius 1 is 0.357 bits per heavy atom. The highest BCUT2D eigenvalue weighted by Crippen LogP contribution is 2.39. The minimum Gasteiger partial charge on any atom is -0.456 e. The summed E-state index contributed by atoms with van der Waals surface area (Å²) in [6.07, 6.45) is 0. The molecule has 0 bridgehead atoms. The molecule has 5 nitrogen and oxygen atoms in total. The summed E-state index contributed by atoms with van der Waals surface area (Å²) in [5.74, 6) is 0.563. The molecular weight excluding hydrogens is 687 g/mol. The molecule has 0 saturated carbocycles. The molecule has 11 aromatic rings. The van der Waals surface area contributed by atoms with Gasteiger partial charge in [0.25, 0.3) is 0 Å².